The molecular formula is C28H34N2O7S2. The van der Waals surface area contributed by atoms with Crippen molar-refractivity contribution in [3.8, 4) is 22.8 Å². The Hall–Kier alpha value is -3.15. The molecule has 0 radical (unpaired) electrons. The smallest absolute Gasteiger partial charge is 0.343 e. The summed E-state index contributed by atoms with van der Waals surface area (Å²) in [7, 11) is -1.57. The highest BCUT2D eigenvalue weighted by molar-refractivity contribution is 7.88. The van der Waals surface area contributed by atoms with E-state index in [1.807, 2.05) is 28.1 Å². The maximum absolute atomic E-state index is 12.9. The van der Waals surface area contributed by atoms with Gasteiger partial charge in [-0.1, -0.05) is 18.9 Å². The number of hydrogen-bond donors (Lipinski definition) is 1. The number of pyridine rings is 1. The first-order valence-electron chi connectivity index (χ1n) is 13.0. The number of fused-ring (bicyclic) bond motifs is 3. The van der Waals surface area contributed by atoms with Crippen LogP contribution in [0.4, 0.5) is 0 Å². The zero-order valence-electron chi connectivity index (χ0n) is 22.4. The number of ether oxygens (including phenoxy) is 3. The van der Waals surface area contributed by atoms with Gasteiger partial charge >= 0.3 is 5.97 Å². The van der Waals surface area contributed by atoms with E-state index >= 15 is 0 Å². The fourth-order valence-electron chi connectivity index (χ4n) is 4.71. The van der Waals surface area contributed by atoms with Gasteiger partial charge in [-0.15, -0.1) is 11.3 Å². The van der Waals surface area contributed by atoms with Crippen LogP contribution in [0.25, 0.3) is 11.3 Å². The molecule has 0 fully saturated rings. The van der Waals surface area contributed by atoms with Gasteiger partial charge < -0.3 is 18.8 Å². The minimum Gasteiger partial charge on any atom is -0.493 e. The third-order valence-electron chi connectivity index (χ3n) is 6.55. The summed E-state index contributed by atoms with van der Waals surface area (Å²) in [5.74, 6) is 0.578. The minimum absolute atomic E-state index is 0.0182. The molecule has 1 aromatic carbocycles. The first-order valence-corrected chi connectivity index (χ1v) is 15.7. The highest BCUT2D eigenvalue weighted by atomic mass is 32.2. The summed E-state index contributed by atoms with van der Waals surface area (Å²) in [5, 5.41) is 2.01. The largest absolute Gasteiger partial charge is 0.493 e. The van der Waals surface area contributed by atoms with E-state index in [-0.39, 0.29) is 23.6 Å². The highest BCUT2D eigenvalue weighted by Gasteiger charge is 2.29. The molecule has 11 heteroatoms. The second-order valence-corrected chi connectivity index (χ2v) is 12.2. The maximum Gasteiger partial charge on any atom is 0.343 e. The maximum atomic E-state index is 12.9. The molecule has 1 unspecified atom stereocenters. The summed E-state index contributed by atoms with van der Waals surface area (Å²) in [6, 6.07) is 9.33. The average molecular weight is 575 g/mol. The number of esters is 1. The van der Waals surface area contributed by atoms with Gasteiger partial charge in [0.15, 0.2) is 16.9 Å². The molecular weight excluding hydrogens is 540 g/mol. The Morgan fingerprint density at radius 3 is 2.64 bits per heavy atom. The molecule has 0 spiro atoms. The summed E-state index contributed by atoms with van der Waals surface area (Å²) in [6.45, 7) is 2.85. The Bertz CT molecular complexity index is 1460. The molecule has 0 saturated heterocycles. The minimum atomic E-state index is -3.15. The van der Waals surface area contributed by atoms with E-state index in [1.165, 1.54) is 6.07 Å². The molecule has 1 aliphatic heterocycles. The molecule has 1 aliphatic rings. The van der Waals surface area contributed by atoms with Crippen molar-refractivity contribution in [1.29, 1.82) is 0 Å². The van der Waals surface area contributed by atoms with E-state index in [2.05, 4.69) is 10.8 Å². The second kappa shape index (κ2) is 12.8. The molecule has 210 valence electrons. The average Bonchev–Trinajstić information content (AvgIpc) is 3.43. The first-order chi connectivity index (χ1) is 18.7. The predicted molar refractivity (Wildman–Crippen MR) is 152 cm³/mol. The molecule has 0 aliphatic carbocycles. The normalized spacial score (nSPS) is 14.4. The van der Waals surface area contributed by atoms with Gasteiger partial charge in [-0.25, -0.2) is 17.9 Å². The fraction of sp³-hybridized carbons (Fsp3) is 0.429. The topological polar surface area (TPSA) is 113 Å². The molecule has 9 nitrogen and oxygen atoms in total. The number of benzene rings is 1. The van der Waals surface area contributed by atoms with Crippen LogP contribution in [0.2, 0.25) is 0 Å². The Morgan fingerprint density at radius 2 is 1.95 bits per heavy atom. The van der Waals surface area contributed by atoms with Crippen LogP contribution < -0.4 is 19.6 Å². The van der Waals surface area contributed by atoms with Crippen molar-refractivity contribution < 1.29 is 27.4 Å². The number of nitrogens with zero attached hydrogens (tertiary/aromatic N) is 1. The van der Waals surface area contributed by atoms with Crippen LogP contribution in [-0.4, -0.2) is 52.1 Å². The second-order valence-electron chi connectivity index (χ2n) is 9.39. The number of rotatable bonds is 13. The number of sulfonamides is 1. The van der Waals surface area contributed by atoms with Crippen molar-refractivity contribution in [1.82, 2.24) is 9.29 Å². The lowest BCUT2D eigenvalue weighted by atomic mass is 9.91. The van der Waals surface area contributed by atoms with E-state index < -0.39 is 16.0 Å². The summed E-state index contributed by atoms with van der Waals surface area (Å²) in [6.07, 6.45) is 6.84. The predicted octanol–water partition coefficient (Wildman–Crippen LogP) is 4.40. The number of nitrogens with one attached hydrogen (secondary N) is 1. The quantitative estimate of drug-likeness (QED) is 0.238. The van der Waals surface area contributed by atoms with Crippen LogP contribution in [-0.2, 0) is 21.2 Å². The van der Waals surface area contributed by atoms with E-state index in [0.29, 0.717) is 36.8 Å². The fourth-order valence-corrected chi connectivity index (χ4v) is 6.05. The molecule has 0 saturated carbocycles. The summed E-state index contributed by atoms with van der Waals surface area (Å²) in [4.78, 5) is 26.5. The number of thiophene rings is 1. The van der Waals surface area contributed by atoms with E-state index in [4.69, 9.17) is 14.2 Å². The van der Waals surface area contributed by atoms with Crippen LogP contribution in [0.5, 0.6) is 11.5 Å². The highest BCUT2D eigenvalue weighted by Crippen LogP contribution is 2.43. The summed E-state index contributed by atoms with van der Waals surface area (Å²) in [5.41, 5.74) is 2.23. The molecule has 2 aromatic heterocycles. The van der Waals surface area contributed by atoms with Gasteiger partial charge in [0, 0.05) is 29.2 Å². The lowest BCUT2D eigenvalue weighted by Crippen LogP contribution is -2.26. The zero-order chi connectivity index (χ0) is 28.0. The molecule has 4 rings (SSSR count). The molecule has 3 aromatic rings. The summed E-state index contributed by atoms with van der Waals surface area (Å²) < 4.78 is 43.7. The lowest BCUT2D eigenvalue weighted by Gasteiger charge is -2.31. The molecule has 39 heavy (non-hydrogen) atoms. The third-order valence-corrected chi connectivity index (χ3v) is 8.26. The van der Waals surface area contributed by atoms with Crippen LogP contribution in [0.3, 0.4) is 0 Å². The Labute approximate surface area is 232 Å². The number of carbonyl (C=O) groups excluding carboxylic acids is 1. The Kier molecular flexibility index (Phi) is 9.47. The van der Waals surface area contributed by atoms with Crippen molar-refractivity contribution >= 4 is 27.3 Å². The molecule has 3 heterocycles. The zero-order valence-corrected chi connectivity index (χ0v) is 24.0. The van der Waals surface area contributed by atoms with Gasteiger partial charge in [-0.3, -0.25) is 4.79 Å². The van der Waals surface area contributed by atoms with Gasteiger partial charge in [-0.05, 0) is 55.3 Å². The number of aromatic nitrogens is 1. The monoisotopic (exact) mass is 574 g/mol. The number of methoxy groups -OCH3 is 1. The van der Waals surface area contributed by atoms with E-state index in [9.17, 15) is 18.0 Å². The molecule has 0 amide bonds. The van der Waals surface area contributed by atoms with Gasteiger partial charge in [-0.2, -0.15) is 0 Å². The lowest BCUT2D eigenvalue weighted by molar-refractivity contribution is 0.0523. The van der Waals surface area contributed by atoms with Crippen molar-refractivity contribution in [2.75, 3.05) is 33.1 Å². The Balaban J connectivity index is 1.56. The van der Waals surface area contributed by atoms with Crippen molar-refractivity contribution in [2.24, 2.45) is 0 Å². The van der Waals surface area contributed by atoms with Gasteiger partial charge in [0.2, 0.25) is 10.0 Å². The number of unbranched alkanes of at least 4 members (excludes halogenated alkanes) is 3. The standard InChI is InChI=1S/C28H34N2O7S2/c1-4-36-28(32)21-18-30-22(17-24(21)31)20-16-25(35-2)26(15-19(20)14-23(30)27-10-9-13-38-27)37-12-8-6-5-7-11-29-39(3,33)34/h9-10,13,15-18,23,29H,4-8,11-12,14H2,1-3H3. The Morgan fingerprint density at radius 1 is 1.15 bits per heavy atom. The SMILES string of the molecule is CCOC(=O)c1cn2c(cc1=O)-c1cc(OC)c(OCCCCCCNS(C)(=O)=O)cc1CC2c1cccs1. The first kappa shape index (κ1) is 28.8. The van der Waals surface area contributed by atoms with E-state index in [1.54, 1.807) is 31.6 Å². The van der Waals surface area contributed by atoms with Crippen LogP contribution in [0.1, 0.15) is 59.4 Å². The summed E-state index contributed by atoms with van der Waals surface area (Å²) >= 11 is 1.63. The molecule has 1 atom stereocenters. The van der Waals surface area contributed by atoms with Gasteiger partial charge in [0.05, 0.1) is 38.3 Å². The van der Waals surface area contributed by atoms with Gasteiger partial charge in [0.25, 0.3) is 0 Å². The molecule has 1 N–H and O–H groups in total. The van der Waals surface area contributed by atoms with Crippen molar-refractivity contribution in [3.63, 3.8) is 0 Å². The molecule has 0 bridgehead atoms. The van der Waals surface area contributed by atoms with E-state index in [0.717, 1.165) is 47.9 Å². The number of hydrogen-bond acceptors (Lipinski definition) is 8. The van der Waals surface area contributed by atoms with Crippen LogP contribution in [0, 0.1) is 0 Å². The van der Waals surface area contributed by atoms with Crippen LogP contribution in [0.15, 0.2) is 46.7 Å². The van der Waals surface area contributed by atoms with Crippen molar-refractivity contribution in [2.45, 2.75) is 45.1 Å². The number of carbonyl (C=O) groups is 1. The van der Waals surface area contributed by atoms with Crippen LogP contribution >= 0.6 is 11.3 Å². The third kappa shape index (κ3) is 7.09. The van der Waals surface area contributed by atoms with Gasteiger partial charge in [0.1, 0.15) is 5.56 Å². The van der Waals surface area contributed by atoms with Crippen molar-refractivity contribution in [3.05, 3.63) is 68.1 Å².